The summed E-state index contributed by atoms with van der Waals surface area (Å²) in [5, 5.41) is 10.7. The Kier molecular flexibility index (Phi) is 5.02. The maximum Gasteiger partial charge on any atom is -0.00206 e. The van der Waals surface area contributed by atoms with Crippen LogP contribution in [-0.2, 0) is 10.8 Å². The van der Waals surface area contributed by atoms with Crippen molar-refractivity contribution in [3.63, 3.8) is 0 Å². The summed E-state index contributed by atoms with van der Waals surface area (Å²) in [5.41, 5.74) is 5.46. The highest BCUT2D eigenvalue weighted by molar-refractivity contribution is 6.25. The highest BCUT2D eigenvalue weighted by Crippen LogP contribution is 2.41. The number of hydrogen-bond acceptors (Lipinski definition) is 0. The van der Waals surface area contributed by atoms with Crippen molar-refractivity contribution in [2.45, 2.75) is 52.4 Å². The second-order valence-corrected chi connectivity index (χ2v) is 12.4. The molecule has 6 aromatic rings. The van der Waals surface area contributed by atoms with E-state index in [1.165, 1.54) is 65.3 Å². The molecule has 0 fully saturated rings. The van der Waals surface area contributed by atoms with E-state index in [1.54, 1.807) is 0 Å². The van der Waals surface area contributed by atoms with E-state index in [4.69, 9.17) is 0 Å². The smallest absolute Gasteiger partial charge is 0.00206 e. The zero-order valence-corrected chi connectivity index (χ0v) is 22.2. The van der Waals surface area contributed by atoms with Gasteiger partial charge < -0.3 is 0 Å². The molecule has 6 rings (SSSR count). The first kappa shape index (κ1) is 22.8. The van der Waals surface area contributed by atoms with Gasteiger partial charge in [-0.25, -0.2) is 0 Å². The Morgan fingerprint density at radius 3 is 1.75 bits per heavy atom. The van der Waals surface area contributed by atoms with Gasteiger partial charge in [0.05, 0.1) is 0 Å². The fourth-order valence-corrected chi connectivity index (χ4v) is 5.45. The summed E-state index contributed by atoms with van der Waals surface area (Å²) >= 11 is 0. The minimum atomic E-state index is 0.0865. The van der Waals surface area contributed by atoms with Crippen LogP contribution in [0.25, 0.3) is 55.2 Å². The molecule has 0 bridgehead atoms. The van der Waals surface area contributed by atoms with Crippen molar-refractivity contribution in [3.05, 3.63) is 107 Å². The molecule has 0 aliphatic rings. The van der Waals surface area contributed by atoms with Gasteiger partial charge in [-0.3, -0.25) is 0 Å². The second kappa shape index (κ2) is 7.93. The lowest BCUT2D eigenvalue weighted by Crippen LogP contribution is -2.12. The van der Waals surface area contributed by atoms with Crippen LogP contribution in [-0.4, -0.2) is 0 Å². The Labute approximate surface area is 214 Å². The van der Waals surface area contributed by atoms with Crippen LogP contribution in [0.5, 0.6) is 0 Å². The van der Waals surface area contributed by atoms with Crippen LogP contribution in [0.1, 0.15) is 63.8 Å². The zero-order valence-electron chi connectivity index (χ0n) is 22.2. The van der Waals surface area contributed by atoms with Crippen LogP contribution in [0.3, 0.4) is 0 Å². The number of rotatable bonds is 2. The van der Waals surface area contributed by atoms with E-state index in [-0.39, 0.29) is 10.8 Å². The summed E-state index contributed by atoms with van der Waals surface area (Å²) in [5.74, 6) is 0. The molecule has 0 aliphatic heterocycles. The molecule has 0 aliphatic carbocycles. The van der Waals surface area contributed by atoms with Gasteiger partial charge in [0.2, 0.25) is 0 Å². The van der Waals surface area contributed by atoms with Gasteiger partial charge in [0, 0.05) is 0 Å². The molecule has 0 N–H and O–H groups in total. The molecule has 36 heavy (non-hydrogen) atoms. The SMILES string of the molecule is CC(C)(C)c1cc2ccc3cc(C(C)(C)C)cc4c(/C=C/c5ccc6ccccc6c5)cc(c1)c2c34. The minimum absolute atomic E-state index is 0.0865. The van der Waals surface area contributed by atoms with E-state index in [9.17, 15) is 0 Å². The third-order valence-electron chi connectivity index (χ3n) is 7.64. The summed E-state index contributed by atoms with van der Waals surface area (Å²) in [6, 6.07) is 32.0. The molecule has 178 valence electrons. The zero-order chi connectivity index (χ0) is 25.2. The van der Waals surface area contributed by atoms with E-state index in [0.717, 1.165) is 0 Å². The lowest BCUT2D eigenvalue weighted by atomic mass is 9.80. The van der Waals surface area contributed by atoms with Crippen LogP contribution in [0.2, 0.25) is 0 Å². The Morgan fingerprint density at radius 2 is 1.06 bits per heavy atom. The average molecular weight is 467 g/mol. The van der Waals surface area contributed by atoms with Gasteiger partial charge >= 0.3 is 0 Å². The van der Waals surface area contributed by atoms with Crippen LogP contribution < -0.4 is 0 Å². The first-order chi connectivity index (χ1) is 17.1. The maximum absolute atomic E-state index is 2.43. The average Bonchev–Trinajstić information content (AvgIpc) is 2.84. The molecule has 0 unspecified atom stereocenters. The van der Waals surface area contributed by atoms with Crippen molar-refractivity contribution in [1.82, 2.24) is 0 Å². The predicted molar refractivity (Wildman–Crippen MR) is 160 cm³/mol. The van der Waals surface area contributed by atoms with E-state index in [0.29, 0.717) is 0 Å². The Bertz CT molecular complexity index is 1780. The summed E-state index contributed by atoms with van der Waals surface area (Å²) in [4.78, 5) is 0. The topological polar surface area (TPSA) is 0 Å². The van der Waals surface area contributed by atoms with Crippen molar-refractivity contribution >= 4 is 55.2 Å². The lowest BCUT2D eigenvalue weighted by molar-refractivity contribution is 0.591. The maximum atomic E-state index is 2.43. The van der Waals surface area contributed by atoms with E-state index in [1.807, 2.05) is 0 Å². The van der Waals surface area contributed by atoms with Gasteiger partial charge in [0.15, 0.2) is 0 Å². The van der Waals surface area contributed by atoms with Gasteiger partial charge in [-0.15, -0.1) is 0 Å². The lowest BCUT2D eigenvalue weighted by Gasteiger charge is -2.24. The molecule has 0 amide bonds. The van der Waals surface area contributed by atoms with E-state index < -0.39 is 0 Å². The van der Waals surface area contributed by atoms with Crippen molar-refractivity contribution < 1.29 is 0 Å². The van der Waals surface area contributed by atoms with Crippen LogP contribution >= 0.6 is 0 Å². The number of fused-ring (bicyclic) bond motifs is 1. The fourth-order valence-electron chi connectivity index (χ4n) is 5.45. The quantitative estimate of drug-likeness (QED) is 0.176. The molecular formula is C36H34. The van der Waals surface area contributed by atoms with Crippen molar-refractivity contribution in [1.29, 1.82) is 0 Å². The molecule has 0 spiro atoms. The molecule has 0 radical (unpaired) electrons. The normalized spacial score (nSPS) is 13.2. The second-order valence-electron chi connectivity index (χ2n) is 12.4. The van der Waals surface area contributed by atoms with Gasteiger partial charge in [-0.05, 0) is 94.4 Å². The molecule has 0 saturated carbocycles. The van der Waals surface area contributed by atoms with Crippen LogP contribution in [0.4, 0.5) is 0 Å². The van der Waals surface area contributed by atoms with E-state index >= 15 is 0 Å². The summed E-state index contributed by atoms with van der Waals surface area (Å²) in [7, 11) is 0. The molecule has 0 aromatic heterocycles. The molecular weight excluding hydrogens is 432 g/mol. The first-order valence-corrected chi connectivity index (χ1v) is 13.0. The van der Waals surface area contributed by atoms with Crippen molar-refractivity contribution in [2.75, 3.05) is 0 Å². The molecule has 0 atom stereocenters. The molecule has 0 heteroatoms. The number of benzene rings is 6. The molecule has 0 saturated heterocycles. The predicted octanol–water partition coefficient (Wildman–Crippen LogP) is 10.5. The van der Waals surface area contributed by atoms with Crippen molar-refractivity contribution in [3.8, 4) is 0 Å². The highest BCUT2D eigenvalue weighted by Gasteiger charge is 2.20. The molecule has 0 nitrogen and oxygen atoms in total. The van der Waals surface area contributed by atoms with Gasteiger partial charge in [-0.2, -0.15) is 0 Å². The Balaban J connectivity index is 1.64. The minimum Gasteiger partial charge on any atom is -0.0616 e. The molecule has 0 heterocycles. The fraction of sp³-hybridized carbons (Fsp3) is 0.222. The Hall–Kier alpha value is -3.64. The summed E-state index contributed by atoms with van der Waals surface area (Å²) in [6.45, 7) is 13.8. The third kappa shape index (κ3) is 3.86. The summed E-state index contributed by atoms with van der Waals surface area (Å²) in [6.07, 6.45) is 4.59. The van der Waals surface area contributed by atoms with Crippen LogP contribution in [0.15, 0.2) is 84.9 Å². The highest BCUT2D eigenvalue weighted by atomic mass is 14.2. The monoisotopic (exact) mass is 466 g/mol. The van der Waals surface area contributed by atoms with Crippen molar-refractivity contribution in [2.24, 2.45) is 0 Å². The largest absolute Gasteiger partial charge is 0.0616 e. The summed E-state index contributed by atoms with van der Waals surface area (Å²) < 4.78 is 0. The van der Waals surface area contributed by atoms with E-state index in [2.05, 4.69) is 139 Å². The number of hydrogen-bond donors (Lipinski definition) is 0. The van der Waals surface area contributed by atoms with Gasteiger partial charge in [0.1, 0.15) is 0 Å². The first-order valence-electron chi connectivity index (χ1n) is 13.0. The third-order valence-corrected chi connectivity index (χ3v) is 7.64. The molecule has 6 aromatic carbocycles. The van der Waals surface area contributed by atoms with Gasteiger partial charge in [0.25, 0.3) is 0 Å². The standard InChI is InChI=1S/C36H34/c1-35(2,3)30-19-27-15-16-28-20-31(36(4,5)6)22-32-26(18-29(21-30)33(27)34(28)32)14-12-23-11-13-24-9-7-8-10-25(24)17-23/h7-22H,1-6H3/b14-12+. The van der Waals surface area contributed by atoms with Crippen LogP contribution in [0, 0.1) is 0 Å². The Morgan fingerprint density at radius 1 is 0.472 bits per heavy atom. The van der Waals surface area contributed by atoms with Gasteiger partial charge in [-0.1, -0.05) is 120 Å².